The average Bonchev–Trinajstić information content (AvgIpc) is 2.83. The van der Waals surface area contributed by atoms with Crippen molar-refractivity contribution in [3.63, 3.8) is 0 Å². The number of aromatic nitrogens is 2. The van der Waals surface area contributed by atoms with Gasteiger partial charge in [-0.3, -0.25) is 9.48 Å². The van der Waals surface area contributed by atoms with Crippen molar-refractivity contribution in [2.24, 2.45) is 11.1 Å². The monoisotopic (exact) mass is 313 g/mol. The highest BCUT2D eigenvalue weighted by atomic mass is 79.9. The maximum Gasteiger partial charge on any atom is 0.189 e. The molecule has 1 heterocycles. The van der Waals surface area contributed by atoms with Crippen LogP contribution in [0.5, 0.6) is 0 Å². The molecule has 0 saturated heterocycles. The highest BCUT2D eigenvalue weighted by Gasteiger charge is 2.45. The van der Waals surface area contributed by atoms with Gasteiger partial charge in [-0.25, -0.2) is 0 Å². The molecule has 1 aliphatic carbocycles. The molecule has 2 N–H and O–H groups in total. The van der Waals surface area contributed by atoms with Crippen LogP contribution in [0.15, 0.2) is 10.7 Å². The van der Waals surface area contributed by atoms with Gasteiger partial charge in [0.2, 0.25) is 0 Å². The van der Waals surface area contributed by atoms with Gasteiger partial charge in [0.05, 0.1) is 10.7 Å². The van der Waals surface area contributed by atoms with Gasteiger partial charge in [0.25, 0.3) is 0 Å². The Balaban J connectivity index is 2.43. The lowest BCUT2D eigenvalue weighted by Crippen LogP contribution is -2.42. The number of hydrogen-bond acceptors (Lipinski definition) is 3. The Labute approximate surface area is 116 Å². The van der Waals surface area contributed by atoms with E-state index in [1.54, 1.807) is 10.9 Å². The van der Waals surface area contributed by atoms with Crippen molar-refractivity contribution in [2.75, 3.05) is 0 Å². The second-order valence-corrected chi connectivity index (χ2v) is 6.48. The van der Waals surface area contributed by atoms with E-state index in [4.69, 9.17) is 5.73 Å². The lowest BCUT2D eigenvalue weighted by atomic mass is 9.79. The molecule has 1 saturated carbocycles. The molecule has 0 amide bonds. The maximum absolute atomic E-state index is 12.8. The second kappa shape index (κ2) is 4.78. The summed E-state index contributed by atoms with van der Waals surface area (Å²) in [6, 6.07) is 0.115. The zero-order valence-electron chi connectivity index (χ0n) is 11.1. The van der Waals surface area contributed by atoms with Crippen molar-refractivity contribution in [2.45, 2.75) is 52.1 Å². The molecule has 5 heteroatoms. The van der Waals surface area contributed by atoms with Gasteiger partial charge in [-0.15, -0.1) is 0 Å². The third kappa shape index (κ3) is 2.03. The lowest BCUT2D eigenvalue weighted by Gasteiger charge is -2.28. The van der Waals surface area contributed by atoms with E-state index in [2.05, 4.69) is 21.0 Å². The first kappa shape index (κ1) is 13.7. The highest BCUT2D eigenvalue weighted by molar-refractivity contribution is 9.10. The predicted molar refractivity (Wildman–Crippen MR) is 74.6 cm³/mol. The number of carbonyl (C=O) groups is 1. The SMILES string of the molecule is CC(C)n1ncc(Br)c1C(=O)C1(C)CCCC1N. The van der Waals surface area contributed by atoms with Crippen LogP contribution in [0, 0.1) is 5.41 Å². The molecule has 0 radical (unpaired) electrons. The first-order chi connectivity index (χ1) is 8.38. The van der Waals surface area contributed by atoms with Crippen LogP contribution in [0.3, 0.4) is 0 Å². The quantitative estimate of drug-likeness (QED) is 0.873. The summed E-state index contributed by atoms with van der Waals surface area (Å²) in [6.45, 7) is 6.03. The summed E-state index contributed by atoms with van der Waals surface area (Å²) < 4.78 is 2.55. The summed E-state index contributed by atoms with van der Waals surface area (Å²) >= 11 is 3.43. The van der Waals surface area contributed by atoms with E-state index in [9.17, 15) is 4.79 Å². The number of nitrogens with zero attached hydrogens (tertiary/aromatic N) is 2. The van der Waals surface area contributed by atoms with Crippen molar-refractivity contribution < 1.29 is 4.79 Å². The Bertz CT molecular complexity index is 469. The van der Waals surface area contributed by atoms with Crippen molar-refractivity contribution in [3.8, 4) is 0 Å². The molecule has 4 nitrogen and oxygen atoms in total. The number of nitrogens with two attached hydrogens (primary N) is 1. The van der Waals surface area contributed by atoms with Gasteiger partial charge < -0.3 is 5.73 Å². The van der Waals surface area contributed by atoms with Gasteiger partial charge in [-0.2, -0.15) is 5.10 Å². The van der Waals surface area contributed by atoms with E-state index in [-0.39, 0.29) is 17.9 Å². The molecule has 0 bridgehead atoms. The molecule has 0 spiro atoms. The molecule has 2 atom stereocenters. The summed E-state index contributed by atoms with van der Waals surface area (Å²) in [6.07, 6.45) is 4.51. The van der Waals surface area contributed by atoms with Gasteiger partial charge in [-0.05, 0) is 42.6 Å². The topological polar surface area (TPSA) is 60.9 Å². The third-order valence-corrected chi connectivity index (χ3v) is 4.58. The second-order valence-electron chi connectivity index (χ2n) is 5.62. The fourth-order valence-electron chi connectivity index (χ4n) is 2.69. The van der Waals surface area contributed by atoms with Crippen LogP contribution in [0.1, 0.15) is 56.6 Å². The van der Waals surface area contributed by atoms with Crippen LogP contribution in [-0.4, -0.2) is 21.6 Å². The Hall–Kier alpha value is -0.680. The first-order valence-electron chi connectivity index (χ1n) is 6.41. The van der Waals surface area contributed by atoms with E-state index < -0.39 is 5.41 Å². The Morgan fingerprint density at radius 1 is 1.67 bits per heavy atom. The number of halogens is 1. The standard InChI is InChI=1S/C13H20BrN3O/c1-8(2)17-11(9(14)7-16-17)12(18)13(3)6-4-5-10(13)15/h7-8,10H,4-6,15H2,1-3H3. The number of hydrogen-bond donors (Lipinski definition) is 1. The van der Waals surface area contributed by atoms with Crippen molar-refractivity contribution in [1.82, 2.24) is 9.78 Å². The Morgan fingerprint density at radius 3 is 2.83 bits per heavy atom. The van der Waals surface area contributed by atoms with Gasteiger partial charge in [-0.1, -0.05) is 13.3 Å². The number of ketones is 1. The van der Waals surface area contributed by atoms with Crippen molar-refractivity contribution in [1.29, 1.82) is 0 Å². The summed E-state index contributed by atoms with van der Waals surface area (Å²) in [4.78, 5) is 12.8. The Kier molecular flexibility index (Phi) is 3.65. The third-order valence-electron chi connectivity index (χ3n) is 4.00. The van der Waals surface area contributed by atoms with Crippen LogP contribution in [0.4, 0.5) is 0 Å². The van der Waals surface area contributed by atoms with Crippen LogP contribution >= 0.6 is 15.9 Å². The molecule has 2 rings (SSSR count). The summed E-state index contributed by atoms with van der Waals surface area (Å²) in [7, 11) is 0. The highest BCUT2D eigenvalue weighted by Crippen LogP contribution is 2.41. The molecular formula is C13H20BrN3O. The smallest absolute Gasteiger partial charge is 0.189 e. The maximum atomic E-state index is 12.8. The lowest BCUT2D eigenvalue weighted by molar-refractivity contribution is 0.0787. The van der Waals surface area contributed by atoms with Crippen LogP contribution in [0.25, 0.3) is 0 Å². The van der Waals surface area contributed by atoms with Gasteiger partial charge in [0.1, 0.15) is 5.69 Å². The zero-order chi connectivity index (χ0) is 13.5. The largest absolute Gasteiger partial charge is 0.327 e. The van der Waals surface area contributed by atoms with Crippen LogP contribution in [0.2, 0.25) is 0 Å². The van der Waals surface area contributed by atoms with E-state index in [0.29, 0.717) is 5.69 Å². The average molecular weight is 314 g/mol. The van der Waals surface area contributed by atoms with Crippen LogP contribution < -0.4 is 5.73 Å². The van der Waals surface area contributed by atoms with Gasteiger partial charge >= 0.3 is 0 Å². The Morgan fingerprint density at radius 2 is 2.33 bits per heavy atom. The summed E-state index contributed by atoms with van der Waals surface area (Å²) in [5.41, 5.74) is 6.34. The molecular weight excluding hydrogens is 294 g/mol. The van der Waals surface area contributed by atoms with E-state index in [0.717, 1.165) is 23.7 Å². The predicted octanol–water partition coefficient (Wildman–Crippen LogP) is 2.93. The molecule has 18 heavy (non-hydrogen) atoms. The summed E-state index contributed by atoms with van der Waals surface area (Å²) in [5.74, 6) is 0.116. The minimum Gasteiger partial charge on any atom is -0.327 e. The number of rotatable bonds is 3. The van der Waals surface area contributed by atoms with Crippen molar-refractivity contribution in [3.05, 3.63) is 16.4 Å². The molecule has 100 valence electrons. The number of carbonyl (C=O) groups excluding carboxylic acids is 1. The number of Topliss-reactive ketones (excluding diaryl/α,β-unsaturated/α-hetero) is 1. The van der Waals surface area contributed by atoms with E-state index in [1.807, 2.05) is 20.8 Å². The molecule has 1 aliphatic rings. The molecule has 1 aromatic rings. The fourth-order valence-corrected chi connectivity index (χ4v) is 3.14. The van der Waals surface area contributed by atoms with Crippen LogP contribution in [-0.2, 0) is 0 Å². The fraction of sp³-hybridized carbons (Fsp3) is 0.692. The van der Waals surface area contributed by atoms with E-state index >= 15 is 0 Å². The molecule has 0 aliphatic heterocycles. The summed E-state index contributed by atoms with van der Waals surface area (Å²) in [5, 5.41) is 4.27. The van der Waals surface area contributed by atoms with Gasteiger partial charge in [0.15, 0.2) is 5.78 Å². The van der Waals surface area contributed by atoms with Gasteiger partial charge in [0, 0.05) is 17.5 Å². The van der Waals surface area contributed by atoms with Crippen molar-refractivity contribution >= 4 is 21.7 Å². The minimum absolute atomic E-state index is 0.0487. The minimum atomic E-state index is -0.449. The molecule has 0 aromatic carbocycles. The normalized spacial score (nSPS) is 28.0. The first-order valence-corrected chi connectivity index (χ1v) is 7.20. The molecule has 1 fully saturated rings. The van der Waals surface area contributed by atoms with E-state index in [1.165, 1.54) is 0 Å². The molecule has 2 unspecified atom stereocenters. The molecule has 1 aromatic heterocycles. The zero-order valence-corrected chi connectivity index (χ0v) is 12.7.